The number of esters is 1. The monoisotopic (exact) mass is 377 g/mol. The molecule has 0 aromatic heterocycles. The number of rotatable bonds is 6. The number of aliphatic hydroxyl groups is 1. The van der Waals surface area contributed by atoms with Crippen molar-refractivity contribution in [3.8, 4) is 0 Å². The fourth-order valence-electron chi connectivity index (χ4n) is 3.45. The molecule has 1 saturated heterocycles. The SMILES string of the molecule is COC(=O)c1ccc(NC(=O)N2CCN(CC(C)C)[C@H](CCO)C2)c(C)c1. The molecule has 2 N–H and O–H groups in total. The number of amides is 2. The van der Waals surface area contributed by atoms with Crippen molar-refractivity contribution < 1.29 is 19.4 Å². The van der Waals surface area contributed by atoms with Gasteiger partial charge in [-0.25, -0.2) is 9.59 Å². The summed E-state index contributed by atoms with van der Waals surface area (Å²) < 4.78 is 4.72. The number of piperazine rings is 1. The summed E-state index contributed by atoms with van der Waals surface area (Å²) in [5.41, 5.74) is 1.94. The van der Waals surface area contributed by atoms with Gasteiger partial charge < -0.3 is 20.1 Å². The first-order chi connectivity index (χ1) is 12.8. The van der Waals surface area contributed by atoms with Crippen LogP contribution in [-0.4, -0.2) is 72.8 Å². The quantitative estimate of drug-likeness (QED) is 0.744. The minimum Gasteiger partial charge on any atom is -0.465 e. The van der Waals surface area contributed by atoms with Crippen LogP contribution in [-0.2, 0) is 4.74 Å². The van der Waals surface area contributed by atoms with Gasteiger partial charge in [0.25, 0.3) is 0 Å². The van der Waals surface area contributed by atoms with Crippen molar-refractivity contribution in [2.24, 2.45) is 5.92 Å². The third kappa shape index (κ3) is 5.68. The molecular formula is C20H31N3O4. The van der Waals surface area contributed by atoms with E-state index in [4.69, 9.17) is 4.74 Å². The van der Waals surface area contributed by atoms with Gasteiger partial charge in [0.15, 0.2) is 0 Å². The molecule has 2 rings (SSSR count). The molecule has 1 aliphatic heterocycles. The maximum atomic E-state index is 12.7. The molecule has 2 amide bonds. The largest absolute Gasteiger partial charge is 0.465 e. The molecule has 7 heteroatoms. The van der Waals surface area contributed by atoms with Crippen LogP contribution in [0.2, 0.25) is 0 Å². The summed E-state index contributed by atoms with van der Waals surface area (Å²) >= 11 is 0. The van der Waals surface area contributed by atoms with Gasteiger partial charge in [-0.3, -0.25) is 4.90 Å². The number of carbonyl (C=O) groups is 2. The summed E-state index contributed by atoms with van der Waals surface area (Å²) in [4.78, 5) is 28.5. The molecule has 0 saturated carbocycles. The molecule has 27 heavy (non-hydrogen) atoms. The van der Waals surface area contributed by atoms with E-state index in [2.05, 4.69) is 24.1 Å². The molecule has 1 aromatic rings. The molecule has 7 nitrogen and oxygen atoms in total. The second-order valence-electron chi connectivity index (χ2n) is 7.45. The van der Waals surface area contributed by atoms with Crippen LogP contribution >= 0.6 is 0 Å². The zero-order valence-electron chi connectivity index (χ0n) is 16.7. The van der Waals surface area contributed by atoms with E-state index in [0.717, 1.165) is 18.7 Å². The third-order valence-electron chi connectivity index (χ3n) is 4.84. The second kappa shape index (κ2) is 9.71. The van der Waals surface area contributed by atoms with Crippen LogP contribution in [0.1, 0.15) is 36.2 Å². The summed E-state index contributed by atoms with van der Waals surface area (Å²) in [5, 5.41) is 12.3. The summed E-state index contributed by atoms with van der Waals surface area (Å²) in [6, 6.07) is 5.08. The van der Waals surface area contributed by atoms with Gasteiger partial charge in [-0.1, -0.05) is 13.8 Å². The number of aliphatic hydroxyl groups excluding tert-OH is 1. The normalized spacial score (nSPS) is 17.9. The number of aryl methyl sites for hydroxylation is 1. The van der Waals surface area contributed by atoms with Crippen LogP contribution in [0.4, 0.5) is 10.5 Å². The smallest absolute Gasteiger partial charge is 0.337 e. The van der Waals surface area contributed by atoms with Gasteiger partial charge in [-0.15, -0.1) is 0 Å². The number of nitrogens with zero attached hydrogens (tertiary/aromatic N) is 2. The molecule has 1 fully saturated rings. The average Bonchev–Trinajstić information content (AvgIpc) is 2.63. The predicted octanol–water partition coefficient (Wildman–Crippen LogP) is 2.34. The van der Waals surface area contributed by atoms with Crippen molar-refractivity contribution in [2.45, 2.75) is 33.2 Å². The Morgan fingerprint density at radius 2 is 2.07 bits per heavy atom. The Hall–Kier alpha value is -2.12. The van der Waals surface area contributed by atoms with Crippen molar-refractivity contribution in [3.63, 3.8) is 0 Å². The molecule has 1 atom stereocenters. The maximum absolute atomic E-state index is 12.7. The number of carbonyl (C=O) groups excluding carboxylic acids is 2. The fourth-order valence-corrected chi connectivity index (χ4v) is 3.45. The minimum absolute atomic E-state index is 0.114. The summed E-state index contributed by atoms with van der Waals surface area (Å²) in [6.45, 7) is 9.33. The minimum atomic E-state index is -0.399. The Labute approximate surface area is 161 Å². The van der Waals surface area contributed by atoms with E-state index in [1.807, 2.05) is 6.92 Å². The number of benzene rings is 1. The Balaban J connectivity index is 2.02. The molecule has 1 heterocycles. The van der Waals surface area contributed by atoms with Gasteiger partial charge in [0.05, 0.1) is 12.7 Å². The lowest BCUT2D eigenvalue weighted by molar-refractivity contribution is 0.0600. The lowest BCUT2D eigenvalue weighted by Crippen LogP contribution is -2.56. The highest BCUT2D eigenvalue weighted by Crippen LogP contribution is 2.20. The van der Waals surface area contributed by atoms with Crippen LogP contribution < -0.4 is 5.32 Å². The van der Waals surface area contributed by atoms with Gasteiger partial charge in [0.2, 0.25) is 0 Å². The van der Waals surface area contributed by atoms with Crippen LogP contribution in [0, 0.1) is 12.8 Å². The zero-order valence-corrected chi connectivity index (χ0v) is 16.7. The van der Waals surface area contributed by atoms with E-state index >= 15 is 0 Å². The van der Waals surface area contributed by atoms with Gasteiger partial charge in [0, 0.05) is 44.5 Å². The highest BCUT2D eigenvalue weighted by Gasteiger charge is 2.29. The molecule has 150 valence electrons. The summed E-state index contributed by atoms with van der Waals surface area (Å²) in [7, 11) is 1.34. The lowest BCUT2D eigenvalue weighted by Gasteiger charge is -2.42. The number of hydrogen-bond donors (Lipinski definition) is 2. The van der Waals surface area contributed by atoms with Gasteiger partial charge in [-0.05, 0) is 43.0 Å². The van der Waals surface area contributed by atoms with E-state index in [1.165, 1.54) is 7.11 Å². The number of anilines is 1. The number of ether oxygens (including phenoxy) is 1. The lowest BCUT2D eigenvalue weighted by atomic mass is 10.1. The summed E-state index contributed by atoms with van der Waals surface area (Å²) in [5.74, 6) is 0.145. The van der Waals surface area contributed by atoms with Crippen molar-refractivity contribution in [2.75, 3.05) is 45.2 Å². The molecular weight excluding hydrogens is 346 g/mol. The third-order valence-corrected chi connectivity index (χ3v) is 4.84. The highest BCUT2D eigenvalue weighted by molar-refractivity contribution is 5.93. The highest BCUT2D eigenvalue weighted by atomic mass is 16.5. The molecule has 0 unspecified atom stereocenters. The number of nitrogens with one attached hydrogen (secondary N) is 1. The Kier molecular flexibility index (Phi) is 7.62. The zero-order chi connectivity index (χ0) is 20.0. The Morgan fingerprint density at radius 3 is 2.67 bits per heavy atom. The number of methoxy groups -OCH3 is 1. The predicted molar refractivity (Wildman–Crippen MR) is 105 cm³/mol. The number of urea groups is 1. The van der Waals surface area contributed by atoms with Crippen LogP contribution in [0.5, 0.6) is 0 Å². The van der Waals surface area contributed by atoms with Crippen LogP contribution in [0.3, 0.4) is 0 Å². The molecule has 0 spiro atoms. The van der Waals surface area contributed by atoms with Crippen molar-refractivity contribution >= 4 is 17.7 Å². The average molecular weight is 377 g/mol. The van der Waals surface area contributed by atoms with Crippen molar-refractivity contribution in [1.82, 2.24) is 9.80 Å². The maximum Gasteiger partial charge on any atom is 0.337 e. The molecule has 0 bridgehead atoms. The second-order valence-corrected chi connectivity index (χ2v) is 7.45. The topological polar surface area (TPSA) is 82.1 Å². The van der Waals surface area contributed by atoms with E-state index in [9.17, 15) is 14.7 Å². The Morgan fingerprint density at radius 1 is 1.33 bits per heavy atom. The first-order valence-electron chi connectivity index (χ1n) is 9.45. The molecule has 0 aliphatic carbocycles. The van der Waals surface area contributed by atoms with Crippen molar-refractivity contribution in [3.05, 3.63) is 29.3 Å². The standard InChI is InChI=1S/C20H31N3O4/c1-14(2)12-22-8-9-23(13-17(22)7-10-24)20(26)21-18-6-5-16(11-15(18)3)19(25)27-4/h5-6,11,14,17,24H,7-10,12-13H2,1-4H3,(H,21,26)/t17-/m1/s1. The van der Waals surface area contributed by atoms with Gasteiger partial charge >= 0.3 is 12.0 Å². The van der Waals surface area contributed by atoms with Gasteiger partial charge in [-0.2, -0.15) is 0 Å². The first-order valence-corrected chi connectivity index (χ1v) is 9.45. The van der Waals surface area contributed by atoms with Crippen molar-refractivity contribution in [1.29, 1.82) is 0 Å². The van der Waals surface area contributed by atoms with Gasteiger partial charge in [0.1, 0.15) is 0 Å². The Bertz CT molecular complexity index is 663. The van der Waals surface area contributed by atoms with E-state index in [0.29, 0.717) is 36.7 Å². The molecule has 0 radical (unpaired) electrons. The van der Waals surface area contributed by atoms with Crippen LogP contribution in [0.25, 0.3) is 0 Å². The van der Waals surface area contributed by atoms with E-state index in [-0.39, 0.29) is 18.7 Å². The van der Waals surface area contributed by atoms with E-state index < -0.39 is 5.97 Å². The molecule has 1 aromatic carbocycles. The molecule has 1 aliphatic rings. The summed E-state index contributed by atoms with van der Waals surface area (Å²) in [6.07, 6.45) is 0.656. The first kappa shape index (κ1) is 21.2. The fraction of sp³-hybridized carbons (Fsp3) is 0.600. The van der Waals surface area contributed by atoms with Crippen LogP contribution in [0.15, 0.2) is 18.2 Å². The number of hydrogen-bond acceptors (Lipinski definition) is 5. The van der Waals surface area contributed by atoms with E-state index in [1.54, 1.807) is 23.1 Å².